The van der Waals surface area contributed by atoms with Gasteiger partial charge >= 0.3 is 0 Å². The number of hydrogen-bond donors (Lipinski definition) is 2. The summed E-state index contributed by atoms with van der Waals surface area (Å²) in [5, 5.41) is 4.18. The van der Waals surface area contributed by atoms with Gasteiger partial charge in [0.05, 0.1) is 12.2 Å². The van der Waals surface area contributed by atoms with E-state index in [4.69, 9.17) is 5.84 Å². The van der Waals surface area contributed by atoms with Crippen molar-refractivity contribution in [3.05, 3.63) is 53.3 Å². The summed E-state index contributed by atoms with van der Waals surface area (Å²) in [6.07, 6.45) is 4.74. The van der Waals surface area contributed by atoms with E-state index in [9.17, 15) is 0 Å². The maximum Gasteiger partial charge on any atom is 0.0522 e. The fourth-order valence-corrected chi connectivity index (χ4v) is 2.20. The number of rotatable bonds is 5. The van der Waals surface area contributed by atoms with E-state index in [0.29, 0.717) is 5.92 Å². The largest absolute Gasteiger partial charge is 0.276 e. The Balaban J connectivity index is 2.12. The molecule has 1 unspecified atom stereocenters. The monoisotopic (exact) mass is 258 g/mol. The molecule has 0 aliphatic carbocycles. The Labute approximate surface area is 114 Å². The van der Waals surface area contributed by atoms with Crippen molar-refractivity contribution in [2.24, 2.45) is 12.9 Å². The van der Waals surface area contributed by atoms with Gasteiger partial charge < -0.3 is 0 Å². The lowest BCUT2D eigenvalue weighted by molar-refractivity contribution is 0.551. The van der Waals surface area contributed by atoms with Crippen molar-refractivity contribution in [1.29, 1.82) is 0 Å². The van der Waals surface area contributed by atoms with Crippen molar-refractivity contribution < 1.29 is 0 Å². The summed E-state index contributed by atoms with van der Waals surface area (Å²) in [5.41, 5.74) is 6.62. The Morgan fingerprint density at radius 2 is 1.84 bits per heavy atom. The number of hydrazine groups is 1. The molecule has 3 N–H and O–H groups in total. The smallest absolute Gasteiger partial charge is 0.0522 e. The molecule has 0 saturated carbocycles. The zero-order valence-electron chi connectivity index (χ0n) is 11.8. The highest BCUT2D eigenvalue weighted by molar-refractivity contribution is 5.28. The molecule has 19 heavy (non-hydrogen) atoms. The van der Waals surface area contributed by atoms with Gasteiger partial charge in [0, 0.05) is 13.2 Å². The van der Waals surface area contributed by atoms with Crippen LogP contribution < -0.4 is 11.3 Å². The minimum absolute atomic E-state index is 0.116. The van der Waals surface area contributed by atoms with Crippen LogP contribution in [0.3, 0.4) is 0 Å². The molecule has 0 fully saturated rings. The standard InChI is InChI=1S/C15H22N4/c1-11(2)13-4-6-14(7-5-13)15(18-16)8-12-9-17-19(3)10-12/h4-7,9-11,15,18H,8,16H2,1-3H3. The predicted octanol–water partition coefficient (Wildman–Crippen LogP) is 2.29. The average molecular weight is 258 g/mol. The molecule has 1 aromatic carbocycles. The molecular formula is C15H22N4. The van der Waals surface area contributed by atoms with Crippen LogP contribution in [0.4, 0.5) is 0 Å². The molecule has 0 bridgehead atoms. The second kappa shape index (κ2) is 5.99. The number of aryl methyl sites for hydroxylation is 1. The van der Waals surface area contributed by atoms with E-state index in [1.807, 2.05) is 24.1 Å². The van der Waals surface area contributed by atoms with Crippen LogP contribution in [-0.4, -0.2) is 9.78 Å². The van der Waals surface area contributed by atoms with Crippen LogP contribution in [0.25, 0.3) is 0 Å². The van der Waals surface area contributed by atoms with Crippen LogP contribution in [0.2, 0.25) is 0 Å². The molecule has 1 atom stereocenters. The first-order valence-electron chi connectivity index (χ1n) is 6.63. The summed E-state index contributed by atoms with van der Waals surface area (Å²) in [6.45, 7) is 4.40. The molecule has 0 aliphatic rings. The van der Waals surface area contributed by atoms with Crippen molar-refractivity contribution in [3.63, 3.8) is 0 Å². The molecule has 0 amide bonds. The maximum atomic E-state index is 5.68. The van der Waals surface area contributed by atoms with Gasteiger partial charge in [0.1, 0.15) is 0 Å². The fourth-order valence-electron chi connectivity index (χ4n) is 2.20. The van der Waals surface area contributed by atoms with Crippen LogP contribution in [0.1, 0.15) is 42.5 Å². The van der Waals surface area contributed by atoms with Gasteiger partial charge in [-0.2, -0.15) is 5.10 Å². The number of hydrogen-bond acceptors (Lipinski definition) is 3. The van der Waals surface area contributed by atoms with Crippen LogP contribution in [-0.2, 0) is 13.5 Å². The summed E-state index contributed by atoms with van der Waals surface area (Å²) in [7, 11) is 1.92. The quantitative estimate of drug-likeness (QED) is 0.639. The van der Waals surface area contributed by atoms with Gasteiger partial charge in [0.15, 0.2) is 0 Å². The molecule has 4 heteroatoms. The third kappa shape index (κ3) is 3.43. The van der Waals surface area contributed by atoms with E-state index in [-0.39, 0.29) is 6.04 Å². The average Bonchev–Trinajstić information content (AvgIpc) is 2.81. The molecule has 0 spiro atoms. The Hall–Kier alpha value is -1.65. The van der Waals surface area contributed by atoms with Gasteiger partial charge in [-0.1, -0.05) is 38.1 Å². The van der Waals surface area contributed by atoms with Gasteiger partial charge in [0.2, 0.25) is 0 Å². The molecule has 0 radical (unpaired) electrons. The SMILES string of the molecule is CC(C)c1ccc(C(Cc2cnn(C)c2)NN)cc1. The first-order chi connectivity index (χ1) is 9.10. The van der Waals surface area contributed by atoms with Gasteiger partial charge in [-0.3, -0.25) is 16.0 Å². The predicted molar refractivity (Wildman–Crippen MR) is 77.5 cm³/mol. The van der Waals surface area contributed by atoms with Crippen LogP contribution >= 0.6 is 0 Å². The summed E-state index contributed by atoms with van der Waals surface area (Å²) in [5.74, 6) is 6.23. The van der Waals surface area contributed by atoms with Gasteiger partial charge in [-0.05, 0) is 29.0 Å². The number of nitrogens with one attached hydrogen (secondary N) is 1. The lowest BCUT2D eigenvalue weighted by Crippen LogP contribution is -2.29. The van der Waals surface area contributed by atoms with Gasteiger partial charge in [-0.15, -0.1) is 0 Å². The van der Waals surface area contributed by atoms with Crippen molar-refractivity contribution in [1.82, 2.24) is 15.2 Å². The highest BCUT2D eigenvalue weighted by Gasteiger charge is 2.12. The minimum Gasteiger partial charge on any atom is -0.276 e. The molecule has 2 rings (SSSR count). The van der Waals surface area contributed by atoms with Gasteiger partial charge in [0.25, 0.3) is 0 Å². The third-order valence-corrected chi connectivity index (χ3v) is 3.40. The highest BCUT2D eigenvalue weighted by Crippen LogP contribution is 2.21. The zero-order valence-corrected chi connectivity index (χ0v) is 11.8. The molecule has 102 valence electrons. The first-order valence-corrected chi connectivity index (χ1v) is 6.63. The van der Waals surface area contributed by atoms with E-state index >= 15 is 0 Å². The fraction of sp³-hybridized carbons (Fsp3) is 0.400. The Morgan fingerprint density at radius 1 is 1.21 bits per heavy atom. The topological polar surface area (TPSA) is 55.9 Å². The van der Waals surface area contributed by atoms with E-state index in [1.54, 1.807) is 0 Å². The summed E-state index contributed by atoms with van der Waals surface area (Å²) < 4.78 is 1.81. The molecule has 1 aromatic heterocycles. The zero-order chi connectivity index (χ0) is 13.8. The number of benzene rings is 1. The Kier molecular flexibility index (Phi) is 4.35. The minimum atomic E-state index is 0.116. The van der Waals surface area contributed by atoms with E-state index in [2.05, 4.69) is 48.6 Å². The number of nitrogens with two attached hydrogens (primary N) is 1. The first kappa shape index (κ1) is 13.8. The van der Waals surface area contributed by atoms with Crippen LogP contribution in [0.5, 0.6) is 0 Å². The molecule has 4 nitrogen and oxygen atoms in total. The lowest BCUT2D eigenvalue weighted by atomic mass is 9.97. The van der Waals surface area contributed by atoms with E-state index in [0.717, 1.165) is 6.42 Å². The van der Waals surface area contributed by atoms with Crippen LogP contribution in [0.15, 0.2) is 36.7 Å². The summed E-state index contributed by atoms with van der Waals surface area (Å²) in [4.78, 5) is 0. The van der Waals surface area contributed by atoms with Gasteiger partial charge in [-0.25, -0.2) is 0 Å². The van der Waals surface area contributed by atoms with Crippen molar-refractivity contribution in [2.45, 2.75) is 32.2 Å². The molecule has 0 aliphatic heterocycles. The second-order valence-electron chi connectivity index (χ2n) is 5.27. The molecule has 1 heterocycles. The molecule has 0 saturated heterocycles. The molecule has 2 aromatic rings. The Morgan fingerprint density at radius 3 is 2.32 bits per heavy atom. The van der Waals surface area contributed by atoms with Crippen molar-refractivity contribution >= 4 is 0 Å². The number of nitrogens with zero attached hydrogens (tertiary/aromatic N) is 2. The van der Waals surface area contributed by atoms with Crippen molar-refractivity contribution in [2.75, 3.05) is 0 Å². The lowest BCUT2D eigenvalue weighted by Gasteiger charge is -2.16. The van der Waals surface area contributed by atoms with E-state index in [1.165, 1.54) is 16.7 Å². The number of aromatic nitrogens is 2. The molecular weight excluding hydrogens is 236 g/mol. The summed E-state index contributed by atoms with van der Waals surface area (Å²) in [6, 6.07) is 8.76. The second-order valence-corrected chi connectivity index (χ2v) is 5.27. The van der Waals surface area contributed by atoms with Crippen LogP contribution in [0, 0.1) is 0 Å². The summed E-state index contributed by atoms with van der Waals surface area (Å²) >= 11 is 0. The third-order valence-electron chi connectivity index (χ3n) is 3.40. The maximum absolute atomic E-state index is 5.68. The van der Waals surface area contributed by atoms with E-state index < -0.39 is 0 Å². The normalized spacial score (nSPS) is 12.9. The Bertz CT molecular complexity index is 513. The van der Waals surface area contributed by atoms with Crippen molar-refractivity contribution in [3.8, 4) is 0 Å². The highest BCUT2D eigenvalue weighted by atomic mass is 15.2.